The van der Waals surface area contributed by atoms with Crippen LogP contribution in [0, 0.1) is 0 Å². The van der Waals surface area contributed by atoms with Crippen LogP contribution in [-0.4, -0.2) is 12.0 Å². The summed E-state index contributed by atoms with van der Waals surface area (Å²) in [6.07, 6.45) is 1.90. The predicted molar refractivity (Wildman–Crippen MR) is 78.0 cm³/mol. The number of pyridine rings is 1. The van der Waals surface area contributed by atoms with Crippen molar-refractivity contribution in [2.24, 2.45) is 0 Å². The summed E-state index contributed by atoms with van der Waals surface area (Å²) in [5.41, 5.74) is 4.11. The molecular formula is C16H19N3. The van der Waals surface area contributed by atoms with E-state index < -0.39 is 0 Å². The van der Waals surface area contributed by atoms with Crippen LogP contribution >= 0.6 is 0 Å². The normalized spacial score (nSPS) is 15.4. The largest absolute Gasteiger partial charge is 0.348 e. The molecule has 1 aliphatic heterocycles. The Morgan fingerprint density at radius 1 is 1.16 bits per heavy atom. The van der Waals surface area contributed by atoms with Crippen LogP contribution in [0.2, 0.25) is 0 Å². The summed E-state index contributed by atoms with van der Waals surface area (Å²) in [5, 5.41) is 3.27. The molecule has 19 heavy (non-hydrogen) atoms. The first-order chi connectivity index (χ1) is 9.28. The molecule has 1 N–H and O–H groups in total. The minimum absolute atomic E-state index is 0.353. The standard InChI is InChI=1S/C16H19N3/c1-12(17-2)13-7-8-18-16(9-13)19-10-14-5-3-4-6-15(14)11-19/h3-9,12,17H,10-11H2,1-2H3. The van der Waals surface area contributed by atoms with Gasteiger partial charge in [-0.25, -0.2) is 4.98 Å². The number of anilines is 1. The van der Waals surface area contributed by atoms with Crippen LogP contribution in [0.1, 0.15) is 29.7 Å². The third kappa shape index (κ3) is 2.34. The molecule has 0 spiro atoms. The average molecular weight is 253 g/mol. The lowest BCUT2D eigenvalue weighted by molar-refractivity contribution is 0.650. The molecule has 3 heteroatoms. The summed E-state index contributed by atoms with van der Waals surface area (Å²) < 4.78 is 0. The van der Waals surface area contributed by atoms with Crippen LogP contribution in [-0.2, 0) is 13.1 Å². The quantitative estimate of drug-likeness (QED) is 0.911. The molecule has 0 saturated heterocycles. The fourth-order valence-electron chi connectivity index (χ4n) is 2.54. The summed E-state index contributed by atoms with van der Waals surface area (Å²) in [6, 6.07) is 13.2. The van der Waals surface area contributed by atoms with Gasteiger partial charge in [-0.2, -0.15) is 0 Å². The van der Waals surface area contributed by atoms with Gasteiger partial charge in [-0.15, -0.1) is 0 Å². The molecule has 98 valence electrons. The topological polar surface area (TPSA) is 28.2 Å². The van der Waals surface area contributed by atoms with Crippen LogP contribution in [0.5, 0.6) is 0 Å². The van der Waals surface area contributed by atoms with Crippen LogP contribution < -0.4 is 10.2 Å². The minimum Gasteiger partial charge on any atom is -0.348 e. The fraction of sp³-hybridized carbons (Fsp3) is 0.312. The van der Waals surface area contributed by atoms with Gasteiger partial charge in [0, 0.05) is 25.3 Å². The Kier molecular flexibility index (Phi) is 3.22. The van der Waals surface area contributed by atoms with Gasteiger partial charge >= 0.3 is 0 Å². The molecule has 0 fully saturated rings. The Morgan fingerprint density at radius 2 is 1.84 bits per heavy atom. The maximum absolute atomic E-state index is 4.52. The van der Waals surface area contributed by atoms with Crippen molar-refractivity contribution in [3.63, 3.8) is 0 Å². The first-order valence-electron chi connectivity index (χ1n) is 6.73. The van der Waals surface area contributed by atoms with Gasteiger partial charge in [-0.1, -0.05) is 24.3 Å². The van der Waals surface area contributed by atoms with Crippen molar-refractivity contribution in [1.82, 2.24) is 10.3 Å². The summed E-state index contributed by atoms with van der Waals surface area (Å²) in [4.78, 5) is 6.85. The molecule has 0 aliphatic carbocycles. The highest BCUT2D eigenvalue weighted by atomic mass is 15.2. The van der Waals surface area contributed by atoms with Crippen LogP contribution in [0.4, 0.5) is 5.82 Å². The summed E-state index contributed by atoms with van der Waals surface area (Å²) >= 11 is 0. The van der Waals surface area contributed by atoms with E-state index in [0.717, 1.165) is 18.9 Å². The second-order valence-corrected chi connectivity index (χ2v) is 5.08. The fourth-order valence-corrected chi connectivity index (χ4v) is 2.54. The lowest BCUT2D eigenvalue weighted by atomic mass is 10.1. The smallest absolute Gasteiger partial charge is 0.129 e. The van der Waals surface area contributed by atoms with E-state index in [1.54, 1.807) is 0 Å². The van der Waals surface area contributed by atoms with E-state index in [1.165, 1.54) is 16.7 Å². The summed E-state index contributed by atoms with van der Waals surface area (Å²) in [7, 11) is 1.98. The van der Waals surface area contributed by atoms with Crippen molar-refractivity contribution < 1.29 is 0 Å². The van der Waals surface area contributed by atoms with E-state index in [9.17, 15) is 0 Å². The number of hydrogen-bond acceptors (Lipinski definition) is 3. The molecule has 0 saturated carbocycles. The van der Waals surface area contributed by atoms with Gasteiger partial charge in [0.15, 0.2) is 0 Å². The van der Waals surface area contributed by atoms with Gasteiger partial charge in [0.05, 0.1) is 0 Å². The highest BCUT2D eigenvalue weighted by molar-refractivity contribution is 5.48. The van der Waals surface area contributed by atoms with E-state index >= 15 is 0 Å². The van der Waals surface area contributed by atoms with Crippen molar-refractivity contribution in [2.45, 2.75) is 26.1 Å². The van der Waals surface area contributed by atoms with E-state index in [0.29, 0.717) is 6.04 Å². The molecule has 0 bridgehead atoms. The van der Waals surface area contributed by atoms with Gasteiger partial charge in [-0.05, 0) is 42.8 Å². The molecule has 3 rings (SSSR count). The van der Waals surface area contributed by atoms with Crippen LogP contribution in [0.3, 0.4) is 0 Å². The Hall–Kier alpha value is -1.87. The first kappa shape index (κ1) is 12.2. The highest BCUT2D eigenvalue weighted by Crippen LogP contribution is 2.27. The molecule has 1 aromatic carbocycles. The first-order valence-corrected chi connectivity index (χ1v) is 6.73. The average Bonchev–Trinajstić information content (AvgIpc) is 2.90. The van der Waals surface area contributed by atoms with Gasteiger partial charge in [0.25, 0.3) is 0 Å². The van der Waals surface area contributed by atoms with E-state index in [1.807, 2.05) is 13.2 Å². The van der Waals surface area contributed by atoms with Crippen LogP contribution in [0.15, 0.2) is 42.6 Å². The second-order valence-electron chi connectivity index (χ2n) is 5.08. The zero-order valence-electron chi connectivity index (χ0n) is 11.4. The minimum atomic E-state index is 0.353. The van der Waals surface area contributed by atoms with Crippen LogP contribution in [0.25, 0.3) is 0 Å². The zero-order chi connectivity index (χ0) is 13.2. The molecule has 1 unspecified atom stereocenters. The number of nitrogens with zero attached hydrogens (tertiary/aromatic N) is 2. The number of aromatic nitrogens is 1. The number of rotatable bonds is 3. The predicted octanol–water partition coefficient (Wildman–Crippen LogP) is 2.88. The molecule has 2 heterocycles. The molecule has 3 nitrogen and oxygen atoms in total. The maximum Gasteiger partial charge on any atom is 0.129 e. The number of fused-ring (bicyclic) bond motifs is 1. The van der Waals surface area contributed by atoms with Gasteiger partial charge in [-0.3, -0.25) is 0 Å². The molecule has 0 amide bonds. The lowest BCUT2D eigenvalue weighted by Crippen LogP contribution is -2.18. The lowest BCUT2D eigenvalue weighted by Gasteiger charge is -2.18. The van der Waals surface area contributed by atoms with Crippen molar-refractivity contribution in [1.29, 1.82) is 0 Å². The monoisotopic (exact) mass is 253 g/mol. The number of benzene rings is 1. The molecule has 0 radical (unpaired) electrons. The van der Waals surface area contributed by atoms with E-state index in [2.05, 4.69) is 58.5 Å². The molecular weight excluding hydrogens is 234 g/mol. The van der Waals surface area contributed by atoms with Gasteiger partial charge < -0.3 is 10.2 Å². The van der Waals surface area contributed by atoms with Crippen molar-refractivity contribution in [3.05, 3.63) is 59.3 Å². The SMILES string of the molecule is CNC(C)c1ccnc(N2Cc3ccccc3C2)c1. The summed E-state index contributed by atoms with van der Waals surface area (Å²) in [5.74, 6) is 1.07. The molecule has 1 atom stereocenters. The third-order valence-corrected chi connectivity index (χ3v) is 3.87. The Balaban J connectivity index is 1.85. The van der Waals surface area contributed by atoms with Gasteiger partial charge in [0.2, 0.25) is 0 Å². The Bertz CT molecular complexity index is 555. The van der Waals surface area contributed by atoms with Crippen molar-refractivity contribution >= 4 is 5.82 Å². The van der Waals surface area contributed by atoms with E-state index in [-0.39, 0.29) is 0 Å². The van der Waals surface area contributed by atoms with E-state index in [4.69, 9.17) is 0 Å². The van der Waals surface area contributed by atoms with Crippen molar-refractivity contribution in [2.75, 3.05) is 11.9 Å². The van der Waals surface area contributed by atoms with Crippen molar-refractivity contribution in [3.8, 4) is 0 Å². The third-order valence-electron chi connectivity index (χ3n) is 3.87. The zero-order valence-corrected chi connectivity index (χ0v) is 11.4. The Labute approximate surface area is 114 Å². The molecule has 2 aromatic rings. The summed E-state index contributed by atoms with van der Waals surface area (Å²) in [6.45, 7) is 4.08. The maximum atomic E-state index is 4.52. The highest BCUT2D eigenvalue weighted by Gasteiger charge is 2.19. The molecule has 1 aliphatic rings. The Morgan fingerprint density at radius 3 is 2.47 bits per heavy atom. The number of hydrogen-bond donors (Lipinski definition) is 1. The second kappa shape index (κ2) is 5.02. The number of nitrogens with one attached hydrogen (secondary N) is 1. The molecule has 1 aromatic heterocycles. The van der Waals surface area contributed by atoms with Gasteiger partial charge in [0.1, 0.15) is 5.82 Å².